The molecule has 7 heteroatoms. The van der Waals surface area contributed by atoms with Gasteiger partial charge in [0.05, 0.1) is 16.8 Å². The van der Waals surface area contributed by atoms with Crippen LogP contribution in [0.3, 0.4) is 0 Å². The van der Waals surface area contributed by atoms with Crippen molar-refractivity contribution in [1.29, 1.82) is 0 Å². The molecule has 0 unspecified atom stereocenters. The van der Waals surface area contributed by atoms with Gasteiger partial charge < -0.3 is 10.6 Å². The highest BCUT2D eigenvalue weighted by Crippen LogP contribution is 2.37. The number of amides is 1. The number of carbonyl (C=O) groups is 1. The molecule has 1 aromatic heterocycles. The summed E-state index contributed by atoms with van der Waals surface area (Å²) in [4.78, 5) is 18.2. The van der Waals surface area contributed by atoms with E-state index < -0.39 is 23.4 Å². The zero-order valence-electron chi connectivity index (χ0n) is 14.3. The van der Waals surface area contributed by atoms with E-state index in [2.05, 4.69) is 4.98 Å². The number of primary amides is 1. The smallest absolute Gasteiger partial charge is 0.252 e. The van der Waals surface area contributed by atoms with Crippen molar-refractivity contribution in [3.63, 3.8) is 0 Å². The number of hydrogen-bond donors (Lipinski definition) is 1. The average molecular weight is 371 g/mol. The van der Waals surface area contributed by atoms with E-state index >= 15 is 0 Å². The molecule has 2 N–H and O–H groups in total. The number of anilines is 1. The van der Waals surface area contributed by atoms with Crippen molar-refractivity contribution in [3.05, 3.63) is 59.5 Å². The van der Waals surface area contributed by atoms with Gasteiger partial charge in [0.2, 0.25) is 0 Å². The van der Waals surface area contributed by atoms with Gasteiger partial charge in [-0.15, -0.1) is 0 Å². The SMILES string of the molecule is NC(=O)c1cnc2c(-c3cc(F)cc(F)c3F)cccc2c1N1CCCC1. The summed E-state index contributed by atoms with van der Waals surface area (Å²) in [7, 11) is 0. The van der Waals surface area contributed by atoms with Crippen molar-refractivity contribution in [2.75, 3.05) is 18.0 Å². The number of benzene rings is 2. The van der Waals surface area contributed by atoms with Crippen LogP contribution in [0.2, 0.25) is 0 Å². The third kappa shape index (κ3) is 2.89. The van der Waals surface area contributed by atoms with Crippen molar-refractivity contribution in [1.82, 2.24) is 4.98 Å². The Labute approximate surface area is 153 Å². The maximum Gasteiger partial charge on any atom is 0.252 e. The van der Waals surface area contributed by atoms with Crippen LogP contribution in [0.4, 0.5) is 18.9 Å². The molecule has 27 heavy (non-hydrogen) atoms. The fourth-order valence-corrected chi connectivity index (χ4v) is 3.64. The van der Waals surface area contributed by atoms with Crippen LogP contribution in [-0.4, -0.2) is 24.0 Å². The number of para-hydroxylation sites is 1. The number of aromatic nitrogens is 1. The van der Waals surface area contributed by atoms with Crippen molar-refractivity contribution in [2.45, 2.75) is 12.8 Å². The second kappa shape index (κ2) is 6.57. The van der Waals surface area contributed by atoms with Gasteiger partial charge in [0, 0.05) is 41.9 Å². The zero-order valence-corrected chi connectivity index (χ0v) is 14.3. The van der Waals surface area contributed by atoms with Crippen LogP contribution in [0, 0.1) is 17.5 Å². The highest BCUT2D eigenvalue weighted by atomic mass is 19.2. The van der Waals surface area contributed by atoms with E-state index in [0.717, 1.165) is 32.0 Å². The highest BCUT2D eigenvalue weighted by Gasteiger charge is 2.24. The number of hydrogen-bond acceptors (Lipinski definition) is 3. The molecular formula is C20H16F3N3O. The van der Waals surface area contributed by atoms with Crippen LogP contribution >= 0.6 is 0 Å². The van der Waals surface area contributed by atoms with E-state index in [1.165, 1.54) is 6.20 Å². The van der Waals surface area contributed by atoms with Crippen LogP contribution in [0.25, 0.3) is 22.0 Å². The first-order valence-electron chi connectivity index (χ1n) is 8.59. The van der Waals surface area contributed by atoms with Crippen molar-refractivity contribution in [2.24, 2.45) is 5.73 Å². The Hall–Kier alpha value is -3.09. The third-order valence-corrected chi connectivity index (χ3v) is 4.84. The van der Waals surface area contributed by atoms with Gasteiger partial charge >= 0.3 is 0 Å². The average Bonchev–Trinajstić information content (AvgIpc) is 3.17. The summed E-state index contributed by atoms with van der Waals surface area (Å²) < 4.78 is 41.8. The molecule has 0 bridgehead atoms. The lowest BCUT2D eigenvalue weighted by molar-refractivity contribution is 0.100. The third-order valence-electron chi connectivity index (χ3n) is 4.84. The molecule has 0 spiro atoms. The summed E-state index contributed by atoms with van der Waals surface area (Å²) in [6.07, 6.45) is 3.30. The molecule has 2 heterocycles. The predicted molar refractivity (Wildman–Crippen MR) is 97.0 cm³/mol. The fourth-order valence-electron chi connectivity index (χ4n) is 3.64. The predicted octanol–water partition coefficient (Wildman–Crippen LogP) is 4.02. The van der Waals surface area contributed by atoms with E-state index in [1.54, 1.807) is 18.2 Å². The van der Waals surface area contributed by atoms with Crippen LogP contribution in [-0.2, 0) is 0 Å². The first-order chi connectivity index (χ1) is 13.0. The summed E-state index contributed by atoms with van der Waals surface area (Å²) in [5.41, 5.74) is 6.81. The van der Waals surface area contributed by atoms with E-state index in [0.29, 0.717) is 22.7 Å². The molecule has 0 saturated carbocycles. The summed E-state index contributed by atoms with van der Waals surface area (Å²) in [5.74, 6) is -3.91. The molecule has 1 fully saturated rings. The zero-order chi connectivity index (χ0) is 19.1. The number of nitrogens with zero attached hydrogens (tertiary/aromatic N) is 2. The van der Waals surface area contributed by atoms with Gasteiger partial charge in [0.25, 0.3) is 5.91 Å². The van der Waals surface area contributed by atoms with Crippen molar-refractivity contribution < 1.29 is 18.0 Å². The standard InChI is InChI=1S/C20H16F3N3O/c21-11-8-14(17(23)16(22)9-11)12-4-3-5-13-18(12)25-10-15(20(24)27)19(13)26-6-1-2-7-26/h3-5,8-10H,1-2,6-7H2,(H2,24,27). The summed E-state index contributed by atoms with van der Waals surface area (Å²) >= 11 is 0. The molecular weight excluding hydrogens is 355 g/mol. The van der Waals surface area contributed by atoms with Gasteiger partial charge in [0.1, 0.15) is 5.82 Å². The summed E-state index contributed by atoms with van der Waals surface area (Å²) in [5, 5.41) is 0.592. The molecule has 138 valence electrons. The summed E-state index contributed by atoms with van der Waals surface area (Å²) in [6, 6.07) is 6.38. The number of pyridine rings is 1. The minimum absolute atomic E-state index is 0.218. The minimum atomic E-state index is -1.27. The number of nitrogens with two attached hydrogens (primary N) is 1. The Morgan fingerprint density at radius 1 is 1.07 bits per heavy atom. The number of halogens is 3. The lowest BCUT2D eigenvalue weighted by Crippen LogP contribution is -2.23. The molecule has 0 radical (unpaired) electrons. The second-order valence-corrected chi connectivity index (χ2v) is 6.53. The maximum atomic E-state index is 14.4. The Morgan fingerprint density at radius 2 is 1.81 bits per heavy atom. The van der Waals surface area contributed by atoms with E-state index in [-0.39, 0.29) is 16.7 Å². The van der Waals surface area contributed by atoms with Crippen LogP contribution < -0.4 is 10.6 Å². The Balaban J connectivity index is 2.03. The molecule has 1 saturated heterocycles. The van der Waals surface area contributed by atoms with E-state index in [4.69, 9.17) is 5.73 Å². The summed E-state index contributed by atoms with van der Waals surface area (Å²) in [6.45, 7) is 1.51. The molecule has 4 nitrogen and oxygen atoms in total. The molecule has 1 aliphatic heterocycles. The maximum absolute atomic E-state index is 14.4. The van der Waals surface area contributed by atoms with Crippen LogP contribution in [0.5, 0.6) is 0 Å². The largest absolute Gasteiger partial charge is 0.370 e. The first kappa shape index (κ1) is 17.3. The lowest BCUT2D eigenvalue weighted by Gasteiger charge is -2.23. The first-order valence-corrected chi connectivity index (χ1v) is 8.59. The molecule has 4 rings (SSSR count). The van der Waals surface area contributed by atoms with Gasteiger partial charge in [-0.05, 0) is 18.9 Å². The Morgan fingerprint density at radius 3 is 2.52 bits per heavy atom. The van der Waals surface area contributed by atoms with Crippen LogP contribution in [0.15, 0.2) is 36.5 Å². The number of rotatable bonds is 3. The number of fused-ring (bicyclic) bond motifs is 1. The van der Waals surface area contributed by atoms with Crippen molar-refractivity contribution >= 4 is 22.5 Å². The highest BCUT2D eigenvalue weighted by molar-refractivity contribution is 6.09. The Kier molecular flexibility index (Phi) is 4.22. The van der Waals surface area contributed by atoms with Crippen molar-refractivity contribution in [3.8, 4) is 11.1 Å². The quantitative estimate of drug-likeness (QED) is 0.708. The van der Waals surface area contributed by atoms with Gasteiger partial charge in [-0.3, -0.25) is 9.78 Å². The van der Waals surface area contributed by atoms with Gasteiger partial charge in [-0.25, -0.2) is 13.2 Å². The monoisotopic (exact) mass is 371 g/mol. The molecule has 1 amide bonds. The van der Waals surface area contributed by atoms with Gasteiger partial charge in [-0.2, -0.15) is 0 Å². The minimum Gasteiger partial charge on any atom is -0.370 e. The van der Waals surface area contributed by atoms with E-state index in [9.17, 15) is 18.0 Å². The van der Waals surface area contributed by atoms with Crippen LogP contribution in [0.1, 0.15) is 23.2 Å². The molecule has 0 atom stereocenters. The topological polar surface area (TPSA) is 59.2 Å². The van der Waals surface area contributed by atoms with E-state index in [1.807, 2.05) is 4.90 Å². The molecule has 1 aliphatic rings. The molecule has 3 aromatic rings. The fraction of sp³-hybridized carbons (Fsp3) is 0.200. The Bertz CT molecular complexity index is 1060. The molecule has 0 aliphatic carbocycles. The lowest BCUT2D eigenvalue weighted by atomic mass is 9.98. The van der Waals surface area contributed by atoms with Gasteiger partial charge in [0.15, 0.2) is 11.6 Å². The van der Waals surface area contributed by atoms with Gasteiger partial charge in [-0.1, -0.05) is 18.2 Å². The second-order valence-electron chi connectivity index (χ2n) is 6.53. The molecule has 2 aromatic carbocycles. The normalized spacial score (nSPS) is 14.1. The number of carbonyl (C=O) groups excluding carboxylic acids is 1.